The molecule has 1 fully saturated rings. The molecule has 5 rings (SSSR count). The van der Waals surface area contributed by atoms with E-state index in [0.29, 0.717) is 16.1 Å². The predicted octanol–water partition coefficient (Wildman–Crippen LogP) is 5.46. The van der Waals surface area contributed by atoms with E-state index in [2.05, 4.69) is 5.32 Å². The first-order valence-corrected chi connectivity index (χ1v) is 11.2. The maximum Gasteiger partial charge on any atom is 0.335 e. The third-order valence-electron chi connectivity index (χ3n) is 5.93. The summed E-state index contributed by atoms with van der Waals surface area (Å²) in [5, 5.41) is 3.39. The zero-order chi connectivity index (χ0) is 24.7. The smallest absolute Gasteiger partial charge is 0.335 e. The molecule has 0 atom stereocenters. The Hall–Kier alpha value is -4.23. The highest BCUT2D eigenvalue weighted by Gasteiger charge is 2.37. The van der Waals surface area contributed by atoms with Gasteiger partial charge in [-0.15, -0.1) is 0 Å². The number of aromatic nitrogens is 1. The number of para-hydroxylation sites is 1. The van der Waals surface area contributed by atoms with Gasteiger partial charge in [0.2, 0.25) is 0 Å². The lowest BCUT2D eigenvalue weighted by atomic mass is 10.1. The lowest BCUT2D eigenvalue weighted by molar-refractivity contribution is -0.122. The minimum absolute atomic E-state index is 0.199. The molecule has 1 aromatic heterocycles. The summed E-state index contributed by atoms with van der Waals surface area (Å²) in [7, 11) is 0. The van der Waals surface area contributed by atoms with Crippen LogP contribution in [0.15, 0.2) is 78.5 Å². The molecule has 1 saturated heterocycles. The van der Waals surface area contributed by atoms with Crippen molar-refractivity contribution in [3.63, 3.8) is 0 Å². The van der Waals surface area contributed by atoms with E-state index >= 15 is 0 Å². The number of halogens is 2. The molecule has 1 aliphatic rings. The van der Waals surface area contributed by atoms with Gasteiger partial charge in [0.1, 0.15) is 11.4 Å². The fourth-order valence-electron chi connectivity index (χ4n) is 4.10. The van der Waals surface area contributed by atoms with E-state index in [1.54, 1.807) is 43.5 Å². The zero-order valence-electron chi connectivity index (χ0n) is 18.6. The first-order valence-electron chi connectivity index (χ1n) is 10.8. The van der Waals surface area contributed by atoms with Crippen LogP contribution in [0.5, 0.6) is 0 Å². The molecule has 0 saturated carbocycles. The van der Waals surface area contributed by atoms with E-state index in [0.717, 1.165) is 21.4 Å². The fourth-order valence-corrected chi connectivity index (χ4v) is 4.27. The highest BCUT2D eigenvalue weighted by atomic mass is 35.5. The van der Waals surface area contributed by atoms with Crippen LogP contribution in [0.4, 0.5) is 14.9 Å². The molecule has 35 heavy (non-hydrogen) atoms. The SMILES string of the molecule is Cc1ccc(N2C(=O)NC(=O)C(=Cc3cn(Cc4ccccc4F)c4ccccc34)C2=O)cc1Cl. The lowest BCUT2D eigenvalue weighted by Crippen LogP contribution is -2.54. The summed E-state index contributed by atoms with van der Waals surface area (Å²) in [6.07, 6.45) is 3.21. The lowest BCUT2D eigenvalue weighted by Gasteiger charge is -2.26. The number of hydrogen-bond acceptors (Lipinski definition) is 3. The van der Waals surface area contributed by atoms with Crippen molar-refractivity contribution in [3.05, 3.63) is 106 Å². The van der Waals surface area contributed by atoms with Gasteiger partial charge in [0.05, 0.1) is 12.2 Å². The first-order chi connectivity index (χ1) is 16.8. The predicted molar refractivity (Wildman–Crippen MR) is 133 cm³/mol. The Labute approximate surface area is 205 Å². The molecular weight excluding hydrogens is 469 g/mol. The number of carbonyl (C=O) groups is 3. The second kappa shape index (κ2) is 8.85. The summed E-state index contributed by atoms with van der Waals surface area (Å²) in [6, 6.07) is 17.9. The van der Waals surface area contributed by atoms with Crippen LogP contribution in [0, 0.1) is 12.7 Å². The normalized spacial score (nSPS) is 15.2. The minimum Gasteiger partial charge on any atom is -0.342 e. The highest BCUT2D eigenvalue weighted by Crippen LogP contribution is 2.29. The number of fused-ring (bicyclic) bond motifs is 1. The Morgan fingerprint density at radius 2 is 1.74 bits per heavy atom. The summed E-state index contributed by atoms with van der Waals surface area (Å²) in [5.41, 5.74) is 2.75. The van der Waals surface area contributed by atoms with Crippen LogP contribution in [0.2, 0.25) is 5.02 Å². The fraction of sp³-hybridized carbons (Fsp3) is 0.0741. The molecule has 0 aliphatic carbocycles. The minimum atomic E-state index is -0.848. The Morgan fingerprint density at radius 1 is 1.00 bits per heavy atom. The molecule has 1 aliphatic heterocycles. The van der Waals surface area contributed by atoms with Crippen LogP contribution in [0.1, 0.15) is 16.7 Å². The van der Waals surface area contributed by atoms with Crippen LogP contribution in [-0.2, 0) is 16.1 Å². The number of urea groups is 1. The molecule has 4 amide bonds. The molecule has 0 radical (unpaired) electrons. The quantitative estimate of drug-likeness (QED) is 0.307. The molecular formula is C27H19ClFN3O3. The van der Waals surface area contributed by atoms with E-state index in [-0.39, 0.29) is 23.6 Å². The Balaban J connectivity index is 1.58. The van der Waals surface area contributed by atoms with Gasteiger partial charge in [-0.05, 0) is 42.8 Å². The van der Waals surface area contributed by atoms with E-state index in [1.165, 1.54) is 18.2 Å². The monoisotopic (exact) mass is 487 g/mol. The van der Waals surface area contributed by atoms with Crippen molar-refractivity contribution >= 4 is 52.1 Å². The standard InChI is InChI=1S/C27H19ClFN3O3/c1-16-10-11-19(13-22(16)28)32-26(34)21(25(33)30-27(32)35)12-18-15-31(24-9-5-3-7-20(18)24)14-17-6-2-4-8-23(17)29/h2-13,15H,14H2,1H3,(H,30,33,35). The van der Waals surface area contributed by atoms with Gasteiger partial charge >= 0.3 is 6.03 Å². The third-order valence-corrected chi connectivity index (χ3v) is 6.34. The van der Waals surface area contributed by atoms with Gasteiger partial charge in [-0.25, -0.2) is 14.1 Å². The Morgan fingerprint density at radius 3 is 2.51 bits per heavy atom. The van der Waals surface area contributed by atoms with Crippen LogP contribution >= 0.6 is 11.6 Å². The van der Waals surface area contributed by atoms with Gasteiger partial charge in [-0.3, -0.25) is 14.9 Å². The van der Waals surface area contributed by atoms with Crippen molar-refractivity contribution in [2.24, 2.45) is 0 Å². The summed E-state index contributed by atoms with van der Waals surface area (Å²) in [6.45, 7) is 2.07. The Kier molecular flexibility index (Phi) is 5.70. The van der Waals surface area contributed by atoms with E-state index < -0.39 is 17.8 Å². The van der Waals surface area contributed by atoms with Crippen molar-refractivity contribution in [1.29, 1.82) is 0 Å². The summed E-state index contributed by atoms with van der Waals surface area (Å²) >= 11 is 6.19. The number of carbonyl (C=O) groups excluding carboxylic acids is 3. The third kappa shape index (κ3) is 4.11. The molecule has 0 unspecified atom stereocenters. The van der Waals surface area contributed by atoms with E-state index in [9.17, 15) is 18.8 Å². The second-order valence-electron chi connectivity index (χ2n) is 8.21. The number of anilines is 1. The van der Waals surface area contributed by atoms with Crippen molar-refractivity contribution < 1.29 is 18.8 Å². The summed E-state index contributed by atoms with van der Waals surface area (Å²) in [4.78, 5) is 39.4. The molecule has 0 bridgehead atoms. The largest absolute Gasteiger partial charge is 0.342 e. The maximum absolute atomic E-state index is 14.3. The molecule has 4 aromatic rings. The van der Waals surface area contributed by atoms with Crippen molar-refractivity contribution in [1.82, 2.24) is 9.88 Å². The van der Waals surface area contributed by atoms with Crippen molar-refractivity contribution in [2.75, 3.05) is 4.90 Å². The number of amides is 4. The van der Waals surface area contributed by atoms with Gasteiger partial charge in [-0.2, -0.15) is 0 Å². The number of benzene rings is 3. The number of aryl methyl sites for hydroxylation is 1. The molecule has 6 nitrogen and oxygen atoms in total. The zero-order valence-corrected chi connectivity index (χ0v) is 19.3. The van der Waals surface area contributed by atoms with Gasteiger partial charge < -0.3 is 4.57 Å². The molecule has 1 N–H and O–H groups in total. The number of nitrogens with zero attached hydrogens (tertiary/aromatic N) is 2. The van der Waals surface area contributed by atoms with Gasteiger partial charge in [-0.1, -0.05) is 54.1 Å². The average Bonchev–Trinajstić information content (AvgIpc) is 3.17. The van der Waals surface area contributed by atoms with E-state index in [4.69, 9.17) is 11.6 Å². The molecule has 0 spiro atoms. The average molecular weight is 488 g/mol. The number of barbiturate groups is 1. The number of hydrogen-bond donors (Lipinski definition) is 1. The van der Waals surface area contributed by atoms with E-state index in [1.807, 2.05) is 28.8 Å². The Bertz CT molecular complexity index is 1560. The molecule has 2 heterocycles. The van der Waals surface area contributed by atoms with Crippen molar-refractivity contribution in [2.45, 2.75) is 13.5 Å². The summed E-state index contributed by atoms with van der Waals surface area (Å²) < 4.78 is 16.1. The number of rotatable bonds is 4. The van der Waals surface area contributed by atoms with Crippen LogP contribution in [-0.4, -0.2) is 22.4 Å². The van der Waals surface area contributed by atoms with Crippen LogP contribution in [0.3, 0.4) is 0 Å². The van der Waals surface area contributed by atoms with Gasteiger partial charge in [0.25, 0.3) is 11.8 Å². The van der Waals surface area contributed by atoms with Crippen molar-refractivity contribution in [3.8, 4) is 0 Å². The van der Waals surface area contributed by atoms with Gasteiger partial charge in [0.15, 0.2) is 0 Å². The second-order valence-corrected chi connectivity index (χ2v) is 8.62. The molecule has 8 heteroatoms. The number of nitrogens with one attached hydrogen (secondary N) is 1. The summed E-state index contributed by atoms with van der Waals surface area (Å²) in [5.74, 6) is -1.87. The first kappa shape index (κ1) is 22.6. The molecule has 3 aromatic carbocycles. The van der Waals surface area contributed by atoms with Crippen LogP contribution in [0.25, 0.3) is 17.0 Å². The molecule has 174 valence electrons. The topological polar surface area (TPSA) is 71.4 Å². The maximum atomic E-state index is 14.3. The highest BCUT2D eigenvalue weighted by molar-refractivity contribution is 6.39. The van der Waals surface area contributed by atoms with Crippen LogP contribution < -0.4 is 10.2 Å². The number of imide groups is 2. The van der Waals surface area contributed by atoms with Gasteiger partial charge in [0, 0.05) is 33.2 Å².